The van der Waals surface area contributed by atoms with Crippen LogP contribution in [0.5, 0.6) is 11.5 Å². The second kappa shape index (κ2) is 8.87. The first-order valence-electron chi connectivity index (χ1n) is 10.2. The van der Waals surface area contributed by atoms with E-state index in [1.54, 1.807) is 30.1 Å². The first kappa shape index (κ1) is 20.4. The van der Waals surface area contributed by atoms with Crippen molar-refractivity contribution in [2.24, 2.45) is 0 Å². The molecule has 7 heteroatoms. The molecular weight excluding hydrogens is 392 g/mol. The number of methoxy groups -OCH3 is 1. The molecule has 158 valence electrons. The number of carbonyl (C=O) groups is 1. The molecule has 3 aromatic carbocycles. The Morgan fingerprint density at radius 1 is 1.00 bits per heavy atom. The molecule has 4 aromatic rings. The van der Waals surface area contributed by atoms with Crippen LogP contribution in [-0.2, 0) is 0 Å². The van der Waals surface area contributed by atoms with Crippen molar-refractivity contribution >= 4 is 22.6 Å². The maximum Gasteiger partial charge on any atom is 0.255 e. The number of nitrogens with zero attached hydrogens (tertiary/aromatic N) is 3. The summed E-state index contributed by atoms with van der Waals surface area (Å²) in [5, 5.41) is 11.9. The van der Waals surface area contributed by atoms with E-state index in [2.05, 4.69) is 22.4 Å². The van der Waals surface area contributed by atoms with Gasteiger partial charge in [0.1, 0.15) is 22.5 Å². The molecule has 0 radical (unpaired) electrons. The number of nitrogens with one attached hydrogen (secondary N) is 1. The van der Waals surface area contributed by atoms with Gasteiger partial charge in [-0.1, -0.05) is 13.0 Å². The molecule has 0 saturated carbocycles. The van der Waals surface area contributed by atoms with Crippen molar-refractivity contribution in [1.82, 2.24) is 15.0 Å². The summed E-state index contributed by atoms with van der Waals surface area (Å²) in [4.78, 5) is 14.3. The highest BCUT2D eigenvalue weighted by Crippen LogP contribution is 2.21. The van der Waals surface area contributed by atoms with E-state index in [-0.39, 0.29) is 12.0 Å². The number of hydrogen-bond donors (Lipinski definition) is 1. The maximum atomic E-state index is 12.7. The molecule has 1 atom stereocenters. The van der Waals surface area contributed by atoms with Crippen molar-refractivity contribution < 1.29 is 14.3 Å². The summed E-state index contributed by atoms with van der Waals surface area (Å²) in [5.41, 5.74) is 3.41. The van der Waals surface area contributed by atoms with Crippen LogP contribution in [0.3, 0.4) is 0 Å². The van der Waals surface area contributed by atoms with Crippen LogP contribution in [0.25, 0.3) is 16.7 Å². The first-order valence-corrected chi connectivity index (χ1v) is 10.2. The van der Waals surface area contributed by atoms with Crippen molar-refractivity contribution in [3.8, 4) is 17.2 Å². The molecular formula is C24H24N4O3. The molecule has 0 saturated heterocycles. The van der Waals surface area contributed by atoms with E-state index in [0.29, 0.717) is 22.5 Å². The minimum absolute atomic E-state index is 0.0917. The van der Waals surface area contributed by atoms with E-state index >= 15 is 0 Å². The van der Waals surface area contributed by atoms with Crippen molar-refractivity contribution in [1.29, 1.82) is 0 Å². The van der Waals surface area contributed by atoms with E-state index in [4.69, 9.17) is 9.47 Å². The van der Waals surface area contributed by atoms with Gasteiger partial charge >= 0.3 is 0 Å². The van der Waals surface area contributed by atoms with E-state index < -0.39 is 0 Å². The van der Waals surface area contributed by atoms with Crippen LogP contribution in [0.4, 0.5) is 5.69 Å². The molecule has 0 spiro atoms. The highest BCUT2D eigenvalue weighted by Gasteiger charge is 2.11. The molecule has 0 aliphatic heterocycles. The minimum Gasteiger partial charge on any atom is -0.497 e. The van der Waals surface area contributed by atoms with Crippen LogP contribution in [-0.4, -0.2) is 34.1 Å². The van der Waals surface area contributed by atoms with Gasteiger partial charge in [-0.2, -0.15) is 4.80 Å². The molecule has 1 heterocycles. The van der Waals surface area contributed by atoms with Gasteiger partial charge in [0.25, 0.3) is 5.91 Å². The molecule has 0 aliphatic rings. The quantitative estimate of drug-likeness (QED) is 0.466. The van der Waals surface area contributed by atoms with Gasteiger partial charge in [0.15, 0.2) is 0 Å². The lowest BCUT2D eigenvalue weighted by Gasteiger charge is -2.13. The number of hydrogen-bond acceptors (Lipinski definition) is 5. The first-order chi connectivity index (χ1) is 15.1. The van der Waals surface area contributed by atoms with Crippen molar-refractivity contribution in [2.75, 3.05) is 12.4 Å². The van der Waals surface area contributed by atoms with Gasteiger partial charge in [-0.3, -0.25) is 4.79 Å². The van der Waals surface area contributed by atoms with Gasteiger partial charge in [0.2, 0.25) is 0 Å². The third kappa shape index (κ3) is 4.66. The Balaban J connectivity index is 1.52. The highest BCUT2D eigenvalue weighted by atomic mass is 16.5. The fourth-order valence-electron chi connectivity index (χ4n) is 3.05. The summed E-state index contributed by atoms with van der Waals surface area (Å²) < 4.78 is 11.0. The molecule has 0 bridgehead atoms. The molecule has 1 amide bonds. The Bertz CT molecular complexity index is 1200. The Kier molecular flexibility index (Phi) is 5.84. The van der Waals surface area contributed by atoms with Gasteiger partial charge in [0.05, 0.1) is 18.9 Å². The molecule has 1 unspecified atom stereocenters. The van der Waals surface area contributed by atoms with Gasteiger partial charge in [-0.25, -0.2) is 0 Å². The smallest absolute Gasteiger partial charge is 0.255 e. The Morgan fingerprint density at radius 2 is 1.77 bits per heavy atom. The highest BCUT2D eigenvalue weighted by molar-refractivity contribution is 6.05. The van der Waals surface area contributed by atoms with Gasteiger partial charge in [-0.15, -0.1) is 10.2 Å². The van der Waals surface area contributed by atoms with E-state index in [1.165, 1.54) is 0 Å². The van der Waals surface area contributed by atoms with Crippen LogP contribution < -0.4 is 14.8 Å². The zero-order valence-corrected chi connectivity index (χ0v) is 17.7. The van der Waals surface area contributed by atoms with Crippen LogP contribution in [0.1, 0.15) is 30.6 Å². The van der Waals surface area contributed by atoms with Gasteiger partial charge in [0, 0.05) is 11.3 Å². The summed E-state index contributed by atoms with van der Waals surface area (Å²) >= 11 is 0. The monoisotopic (exact) mass is 416 g/mol. The van der Waals surface area contributed by atoms with Gasteiger partial charge < -0.3 is 14.8 Å². The minimum atomic E-state index is -0.212. The number of rotatable bonds is 7. The predicted molar refractivity (Wildman–Crippen MR) is 120 cm³/mol. The number of amides is 1. The molecule has 1 aromatic heterocycles. The van der Waals surface area contributed by atoms with E-state index in [9.17, 15) is 4.79 Å². The Morgan fingerprint density at radius 3 is 2.52 bits per heavy atom. The molecule has 0 fully saturated rings. The summed E-state index contributed by atoms with van der Waals surface area (Å²) in [7, 11) is 1.63. The SMILES string of the molecule is CCC(C)Oc1cccc(C(=O)Nc2ccc3nn(-c4ccc(OC)cc4)nc3c2)c1. The maximum absolute atomic E-state index is 12.7. The predicted octanol–water partition coefficient (Wildman–Crippen LogP) is 4.86. The Labute approximate surface area is 180 Å². The van der Waals surface area contributed by atoms with Crippen LogP contribution in [0, 0.1) is 0 Å². The number of fused-ring (bicyclic) bond motifs is 1. The average Bonchev–Trinajstić information content (AvgIpc) is 3.22. The lowest BCUT2D eigenvalue weighted by molar-refractivity contribution is 0.102. The number of anilines is 1. The summed E-state index contributed by atoms with van der Waals surface area (Å²) in [5.74, 6) is 1.24. The summed E-state index contributed by atoms with van der Waals surface area (Å²) in [6, 6.07) is 20.1. The zero-order chi connectivity index (χ0) is 21.8. The number of ether oxygens (including phenoxy) is 2. The average molecular weight is 416 g/mol. The lowest BCUT2D eigenvalue weighted by Crippen LogP contribution is -2.13. The molecule has 0 aliphatic carbocycles. The van der Waals surface area contributed by atoms with E-state index in [1.807, 2.05) is 55.5 Å². The van der Waals surface area contributed by atoms with Crippen molar-refractivity contribution in [3.05, 3.63) is 72.3 Å². The third-order valence-corrected chi connectivity index (χ3v) is 4.95. The van der Waals surface area contributed by atoms with Crippen LogP contribution >= 0.6 is 0 Å². The van der Waals surface area contributed by atoms with Crippen molar-refractivity contribution in [2.45, 2.75) is 26.4 Å². The number of carbonyl (C=O) groups excluding carboxylic acids is 1. The number of aromatic nitrogens is 3. The van der Waals surface area contributed by atoms with Crippen LogP contribution in [0.15, 0.2) is 66.7 Å². The molecule has 7 nitrogen and oxygen atoms in total. The third-order valence-electron chi connectivity index (χ3n) is 4.95. The van der Waals surface area contributed by atoms with Crippen LogP contribution in [0.2, 0.25) is 0 Å². The lowest BCUT2D eigenvalue weighted by atomic mass is 10.2. The van der Waals surface area contributed by atoms with E-state index in [0.717, 1.165) is 23.4 Å². The second-order valence-corrected chi connectivity index (χ2v) is 7.21. The van der Waals surface area contributed by atoms with Gasteiger partial charge in [-0.05, 0) is 74.0 Å². The largest absolute Gasteiger partial charge is 0.497 e. The summed E-state index contributed by atoms with van der Waals surface area (Å²) in [6.45, 7) is 4.06. The normalized spacial score (nSPS) is 11.8. The second-order valence-electron chi connectivity index (χ2n) is 7.21. The fourth-order valence-corrected chi connectivity index (χ4v) is 3.05. The molecule has 1 N–H and O–H groups in total. The Hall–Kier alpha value is -3.87. The standard InChI is InChI=1S/C24H24N4O3/c1-4-16(2)31-21-7-5-6-17(14-21)24(29)25-18-8-13-22-23(15-18)27-28(26-22)19-9-11-20(30-3)12-10-19/h5-16H,4H2,1-3H3,(H,25,29). The zero-order valence-electron chi connectivity index (χ0n) is 17.7. The molecule has 31 heavy (non-hydrogen) atoms. The summed E-state index contributed by atoms with van der Waals surface area (Å²) in [6.07, 6.45) is 0.988. The number of benzene rings is 3. The fraction of sp³-hybridized carbons (Fsp3) is 0.208. The van der Waals surface area contributed by atoms with Crippen molar-refractivity contribution in [3.63, 3.8) is 0 Å². The molecule has 4 rings (SSSR count). The topological polar surface area (TPSA) is 78.3 Å².